The number of nitrogens with zero attached hydrogens (tertiary/aromatic N) is 3. The maximum Gasteiger partial charge on any atom is 0.317 e. The van der Waals surface area contributed by atoms with Crippen LogP contribution in [0.4, 0.5) is 4.79 Å². The molecule has 1 heterocycles. The third-order valence-electron chi connectivity index (χ3n) is 2.64. The van der Waals surface area contributed by atoms with E-state index < -0.39 is 11.9 Å². The molecule has 106 valence electrons. The standard InChI is InChI=1S/C11H19N5O3/c1-7(10(17)18)4-5-12-11(19)16(3)6-9-13-8(2)14-15-9/h7H,4-6H2,1-3H3,(H,12,19)(H,17,18)(H,13,14,15). The lowest BCUT2D eigenvalue weighted by Crippen LogP contribution is -2.38. The number of rotatable bonds is 6. The molecule has 0 saturated heterocycles. The number of hydrogen-bond acceptors (Lipinski definition) is 4. The highest BCUT2D eigenvalue weighted by atomic mass is 16.4. The SMILES string of the molecule is Cc1nc(CN(C)C(=O)NCCC(C)C(=O)O)n[nH]1. The fourth-order valence-electron chi connectivity index (χ4n) is 1.40. The molecular formula is C11H19N5O3. The first-order chi connectivity index (χ1) is 8.90. The van der Waals surface area contributed by atoms with Crippen LogP contribution in [0.25, 0.3) is 0 Å². The zero-order chi connectivity index (χ0) is 14.4. The summed E-state index contributed by atoms with van der Waals surface area (Å²) in [5, 5.41) is 18.0. The molecule has 0 aliphatic rings. The zero-order valence-electron chi connectivity index (χ0n) is 11.3. The Kier molecular flexibility index (Phi) is 5.28. The van der Waals surface area contributed by atoms with E-state index in [9.17, 15) is 9.59 Å². The van der Waals surface area contributed by atoms with Crippen LogP contribution in [0.3, 0.4) is 0 Å². The molecule has 0 aliphatic carbocycles. The molecule has 0 bridgehead atoms. The van der Waals surface area contributed by atoms with Gasteiger partial charge >= 0.3 is 12.0 Å². The van der Waals surface area contributed by atoms with Gasteiger partial charge < -0.3 is 15.3 Å². The number of amides is 2. The van der Waals surface area contributed by atoms with Crippen molar-refractivity contribution in [2.45, 2.75) is 26.8 Å². The number of H-pyrrole nitrogens is 1. The average Bonchev–Trinajstić information content (AvgIpc) is 2.74. The summed E-state index contributed by atoms with van der Waals surface area (Å²) >= 11 is 0. The van der Waals surface area contributed by atoms with Crippen molar-refractivity contribution in [3.63, 3.8) is 0 Å². The average molecular weight is 269 g/mol. The van der Waals surface area contributed by atoms with Crippen molar-refractivity contribution in [1.29, 1.82) is 0 Å². The van der Waals surface area contributed by atoms with Crippen LogP contribution >= 0.6 is 0 Å². The van der Waals surface area contributed by atoms with Crippen LogP contribution in [0.2, 0.25) is 0 Å². The third-order valence-corrected chi connectivity index (χ3v) is 2.64. The Hall–Kier alpha value is -2.12. The van der Waals surface area contributed by atoms with E-state index in [2.05, 4.69) is 20.5 Å². The van der Waals surface area contributed by atoms with E-state index in [-0.39, 0.29) is 6.03 Å². The minimum absolute atomic E-state index is 0.278. The van der Waals surface area contributed by atoms with Gasteiger partial charge in [0.25, 0.3) is 0 Å². The molecule has 0 aliphatic heterocycles. The van der Waals surface area contributed by atoms with Crippen molar-refractivity contribution in [2.24, 2.45) is 5.92 Å². The van der Waals surface area contributed by atoms with Crippen LogP contribution in [-0.2, 0) is 11.3 Å². The van der Waals surface area contributed by atoms with Gasteiger partial charge in [-0.15, -0.1) is 0 Å². The smallest absolute Gasteiger partial charge is 0.317 e. The normalized spacial score (nSPS) is 11.9. The van der Waals surface area contributed by atoms with Gasteiger partial charge in [0.15, 0.2) is 5.82 Å². The monoisotopic (exact) mass is 269 g/mol. The molecule has 1 aromatic heterocycles. The van der Waals surface area contributed by atoms with E-state index >= 15 is 0 Å². The lowest BCUT2D eigenvalue weighted by Gasteiger charge is -2.16. The Morgan fingerprint density at radius 3 is 2.74 bits per heavy atom. The second kappa shape index (κ2) is 6.72. The molecular weight excluding hydrogens is 250 g/mol. The zero-order valence-corrected chi connectivity index (χ0v) is 11.3. The molecule has 1 unspecified atom stereocenters. The maximum absolute atomic E-state index is 11.7. The highest BCUT2D eigenvalue weighted by Crippen LogP contribution is 2.01. The Morgan fingerprint density at radius 2 is 2.21 bits per heavy atom. The van der Waals surface area contributed by atoms with Gasteiger partial charge in [0, 0.05) is 13.6 Å². The van der Waals surface area contributed by atoms with Gasteiger partial charge in [-0.2, -0.15) is 5.10 Å². The summed E-state index contributed by atoms with van der Waals surface area (Å²) in [6.45, 7) is 4.01. The van der Waals surface area contributed by atoms with Crippen LogP contribution in [0.1, 0.15) is 25.0 Å². The lowest BCUT2D eigenvalue weighted by molar-refractivity contribution is -0.141. The van der Waals surface area contributed by atoms with Gasteiger partial charge in [0.05, 0.1) is 12.5 Å². The van der Waals surface area contributed by atoms with Gasteiger partial charge in [-0.3, -0.25) is 9.89 Å². The summed E-state index contributed by atoms with van der Waals surface area (Å²) in [7, 11) is 1.63. The Morgan fingerprint density at radius 1 is 1.53 bits per heavy atom. The predicted octanol–water partition coefficient (Wildman–Crippen LogP) is 0.365. The van der Waals surface area contributed by atoms with Crippen molar-refractivity contribution in [1.82, 2.24) is 25.4 Å². The molecule has 1 atom stereocenters. The van der Waals surface area contributed by atoms with E-state index in [4.69, 9.17) is 5.11 Å². The molecule has 1 rings (SSSR count). The molecule has 0 spiro atoms. The number of carboxylic acid groups (broad SMARTS) is 1. The molecule has 8 heteroatoms. The third kappa shape index (κ3) is 4.94. The summed E-state index contributed by atoms with van der Waals surface area (Å²) in [4.78, 5) is 27.9. The number of aryl methyl sites for hydroxylation is 1. The van der Waals surface area contributed by atoms with Crippen molar-refractivity contribution in [3.8, 4) is 0 Å². The van der Waals surface area contributed by atoms with Crippen LogP contribution < -0.4 is 5.32 Å². The number of carboxylic acids is 1. The van der Waals surface area contributed by atoms with Crippen LogP contribution in [0.15, 0.2) is 0 Å². The molecule has 0 saturated carbocycles. The van der Waals surface area contributed by atoms with Gasteiger partial charge in [0.1, 0.15) is 5.82 Å². The molecule has 0 radical (unpaired) electrons. The second-order valence-corrected chi connectivity index (χ2v) is 4.45. The highest BCUT2D eigenvalue weighted by Gasteiger charge is 2.13. The van der Waals surface area contributed by atoms with Crippen LogP contribution in [-0.4, -0.2) is 50.8 Å². The molecule has 2 amide bonds. The Balaban J connectivity index is 2.31. The van der Waals surface area contributed by atoms with Gasteiger partial charge in [-0.1, -0.05) is 6.92 Å². The number of aromatic amines is 1. The minimum Gasteiger partial charge on any atom is -0.481 e. The second-order valence-electron chi connectivity index (χ2n) is 4.45. The van der Waals surface area contributed by atoms with Crippen molar-refractivity contribution in [2.75, 3.05) is 13.6 Å². The molecule has 8 nitrogen and oxygen atoms in total. The number of hydrogen-bond donors (Lipinski definition) is 3. The van der Waals surface area contributed by atoms with E-state index in [1.807, 2.05) is 0 Å². The summed E-state index contributed by atoms with van der Waals surface area (Å²) < 4.78 is 0. The van der Waals surface area contributed by atoms with Crippen molar-refractivity contribution < 1.29 is 14.7 Å². The number of aliphatic carboxylic acids is 1. The van der Waals surface area contributed by atoms with E-state index in [1.165, 1.54) is 4.90 Å². The molecule has 19 heavy (non-hydrogen) atoms. The van der Waals surface area contributed by atoms with Crippen LogP contribution in [0, 0.1) is 12.8 Å². The number of aromatic nitrogens is 3. The first-order valence-electron chi connectivity index (χ1n) is 5.99. The van der Waals surface area contributed by atoms with E-state index in [1.54, 1.807) is 20.9 Å². The van der Waals surface area contributed by atoms with Gasteiger partial charge in [0.2, 0.25) is 0 Å². The molecule has 0 aromatic carbocycles. The summed E-state index contributed by atoms with van der Waals surface area (Å²) in [5.41, 5.74) is 0. The van der Waals surface area contributed by atoms with Crippen molar-refractivity contribution >= 4 is 12.0 Å². The summed E-state index contributed by atoms with van der Waals surface area (Å²) in [6, 6.07) is -0.278. The summed E-state index contributed by atoms with van der Waals surface area (Å²) in [6.07, 6.45) is 0.397. The predicted molar refractivity (Wildman–Crippen MR) is 67.4 cm³/mol. The molecule has 0 fully saturated rings. The number of nitrogens with one attached hydrogen (secondary N) is 2. The fraction of sp³-hybridized carbons (Fsp3) is 0.636. The molecule has 3 N–H and O–H groups in total. The number of carbonyl (C=O) groups is 2. The highest BCUT2D eigenvalue weighted by molar-refractivity contribution is 5.74. The number of carbonyl (C=O) groups excluding carboxylic acids is 1. The topological polar surface area (TPSA) is 111 Å². The van der Waals surface area contributed by atoms with E-state index in [0.717, 1.165) is 0 Å². The largest absolute Gasteiger partial charge is 0.481 e. The maximum atomic E-state index is 11.7. The first kappa shape index (κ1) is 14.9. The van der Waals surface area contributed by atoms with Gasteiger partial charge in [-0.25, -0.2) is 9.78 Å². The van der Waals surface area contributed by atoms with Crippen molar-refractivity contribution in [3.05, 3.63) is 11.6 Å². The minimum atomic E-state index is -0.862. The summed E-state index contributed by atoms with van der Waals surface area (Å²) in [5.74, 6) is -0.104. The Bertz CT molecular complexity index is 445. The quantitative estimate of drug-likeness (QED) is 0.690. The lowest BCUT2D eigenvalue weighted by atomic mass is 10.1. The van der Waals surface area contributed by atoms with Gasteiger partial charge in [-0.05, 0) is 13.3 Å². The fourth-order valence-corrected chi connectivity index (χ4v) is 1.40. The molecule has 1 aromatic rings. The van der Waals surface area contributed by atoms with Crippen LogP contribution in [0.5, 0.6) is 0 Å². The Labute approximate surface area is 111 Å². The number of urea groups is 1. The first-order valence-corrected chi connectivity index (χ1v) is 5.99. The van der Waals surface area contributed by atoms with E-state index in [0.29, 0.717) is 31.2 Å².